The minimum absolute atomic E-state index is 0.226. The van der Waals surface area contributed by atoms with Crippen molar-refractivity contribution in [2.24, 2.45) is 0 Å². The van der Waals surface area contributed by atoms with Crippen LogP contribution in [0.1, 0.15) is 135 Å². The van der Waals surface area contributed by atoms with Gasteiger partial charge in [-0.25, -0.2) is 9.78 Å². The number of alkyl carbamates (subject to hydrolysis) is 1. The van der Waals surface area contributed by atoms with E-state index in [-0.39, 0.29) is 12.1 Å². The highest BCUT2D eigenvalue weighted by Crippen LogP contribution is 2.14. The molecule has 1 unspecified atom stereocenters. The van der Waals surface area contributed by atoms with Gasteiger partial charge in [0.1, 0.15) is 0 Å². The maximum Gasteiger partial charge on any atom is 0.407 e. The van der Waals surface area contributed by atoms with Crippen LogP contribution in [0.5, 0.6) is 0 Å². The SMILES string of the molecule is CCCCCCCCCCCCCCCC(CC)NC(=O)OCCCOCCCCc1cscn1. The third kappa shape index (κ3) is 20.7. The van der Waals surface area contributed by atoms with Gasteiger partial charge in [-0.1, -0.05) is 97.3 Å². The van der Waals surface area contributed by atoms with Crippen LogP contribution in [0.3, 0.4) is 0 Å². The number of nitrogens with one attached hydrogen (secondary N) is 1. The number of hydrogen-bond donors (Lipinski definition) is 1. The van der Waals surface area contributed by atoms with Gasteiger partial charge < -0.3 is 14.8 Å². The second-order valence-electron chi connectivity index (χ2n) is 9.82. The lowest BCUT2D eigenvalue weighted by Gasteiger charge is -2.16. The molecular weight excluding hydrogens is 456 g/mol. The summed E-state index contributed by atoms with van der Waals surface area (Å²) in [5.74, 6) is 0. The van der Waals surface area contributed by atoms with Crippen LogP contribution >= 0.6 is 11.3 Å². The van der Waals surface area contributed by atoms with Crippen molar-refractivity contribution in [1.29, 1.82) is 0 Å². The number of nitrogens with zero attached hydrogens (tertiary/aromatic N) is 1. The number of aromatic nitrogens is 1. The molecule has 0 bridgehead atoms. The second kappa shape index (κ2) is 24.5. The monoisotopic (exact) mass is 510 g/mol. The lowest BCUT2D eigenvalue weighted by Crippen LogP contribution is -2.35. The third-order valence-electron chi connectivity index (χ3n) is 6.59. The van der Waals surface area contributed by atoms with Gasteiger partial charge in [-0.15, -0.1) is 11.3 Å². The number of unbranched alkanes of at least 4 members (excludes halogenated alkanes) is 13. The Hall–Kier alpha value is -1.14. The summed E-state index contributed by atoms with van der Waals surface area (Å²) in [7, 11) is 0. The Morgan fingerprint density at radius 3 is 2.06 bits per heavy atom. The van der Waals surface area contributed by atoms with E-state index in [2.05, 4.69) is 29.5 Å². The molecule has 1 amide bonds. The summed E-state index contributed by atoms with van der Waals surface area (Å²) >= 11 is 1.65. The fourth-order valence-corrected chi connectivity index (χ4v) is 4.89. The van der Waals surface area contributed by atoms with Gasteiger partial charge in [0.05, 0.1) is 17.8 Å². The van der Waals surface area contributed by atoms with Gasteiger partial charge in [0.25, 0.3) is 0 Å². The number of amides is 1. The molecule has 204 valence electrons. The molecule has 0 fully saturated rings. The number of thiazole rings is 1. The van der Waals surface area contributed by atoms with Gasteiger partial charge in [-0.3, -0.25) is 0 Å². The van der Waals surface area contributed by atoms with Crippen molar-refractivity contribution in [3.63, 3.8) is 0 Å². The van der Waals surface area contributed by atoms with E-state index in [9.17, 15) is 4.79 Å². The molecule has 1 aromatic rings. The van der Waals surface area contributed by atoms with Gasteiger partial charge >= 0.3 is 6.09 Å². The average molecular weight is 511 g/mol. The van der Waals surface area contributed by atoms with Crippen molar-refractivity contribution in [3.8, 4) is 0 Å². The minimum Gasteiger partial charge on any atom is -0.449 e. The van der Waals surface area contributed by atoms with Crippen molar-refractivity contribution in [3.05, 3.63) is 16.6 Å². The van der Waals surface area contributed by atoms with Gasteiger partial charge in [0, 0.05) is 31.1 Å². The number of rotatable bonds is 25. The largest absolute Gasteiger partial charge is 0.449 e. The van der Waals surface area contributed by atoms with Crippen LogP contribution in [0.2, 0.25) is 0 Å². The van der Waals surface area contributed by atoms with Crippen molar-refractivity contribution < 1.29 is 14.3 Å². The molecule has 6 heteroatoms. The summed E-state index contributed by atoms with van der Waals surface area (Å²) in [6.45, 7) is 6.23. The maximum absolute atomic E-state index is 12.1. The van der Waals surface area contributed by atoms with E-state index in [1.807, 2.05) is 5.51 Å². The molecule has 0 aromatic carbocycles. The van der Waals surface area contributed by atoms with Crippen LogP contribution in [0.15, 0.2) is 10.9 Å². The summed E-state index contributed by atoms with van der Waals surface area (Å²) in [6.07, 6.45) is 23.4. The molecule has 0 spiro atoms. The zero-order chi connectivity index (χ0) is 25.2. The fraction of sp³-hybridized carbons (Fsp3) is 0.862. The fourth-order valence-electron chi connectivity index (χ4n) is 4.29. The third-order valence-corrected chi connectivity index (χ3v) is 7.23. The van der Waals surface area contributed by atoms with Gasteiger partial charge in [0.2, 0.25) is 0 Å². The Balaban J connectivity index is 1.84. The molecule has 0 saturated carbocycles. The quantitative estimate of drug-likeness (QED) is 0.133. The highest BCUT2D eigenvalue weighted by Gasteiger charge is 2.11. The molecule has 1 heterocycles. The predicted molar refractivity (Wildman–Crippen MR) is 149 cm³/mol. The van der Waals surface area contributed by atoms with E-state index in [4.69, 9.17) is 9.47 Å². The highest BCUT2D eigenvalue weighted by molar-refractivity contribution is 7.07. The summed E-state index contributed by atoms with van der Waals surface area (Å²) in [5.41, 5.74) is 3.05. The normalized spacial score (nSPS) is 12.1. The summed E-state index contributed by atoms with van der Waals surface area (Å²) < 4.78 is 11.0. The number of hydrogen-bond acceptors (Lipinski definition) is 5. The Labute approximate surface area is 220 Å². The molecule has 1 aromatic heterocycles. The first-order chi connectivity index (χ1) is 17.3. The first kappa shape index (κ1) is 31.9. The summed E-state index contributed by atoms with van der Waals surface area (Å²) in [5, 5.41) is 5.14. The Morgan fingerprint density at radius 2 is 1.46 bits per heavy atom. The predicted octanol–water partition coefficient (Wildman–Crippen LogP) is 8.86. The van der Waals surface area contributed by atoms with Crippen molar-refractivity contribution in [1.82, 2.24) is 10.3 Å². The zero-order valence-corrected chi connectivity index (χ0v) is 23.7. The zero-order valence-electron chi connectivity index (χ0n) is 22.9. The standard InChI is InChI=1S/C29H54N2O3S/c1-3-5-6-7-8-9-10-11-12-13-14-15-16-20-27(4-2)31-29(32)34-24-19-23-33-22-18-17-21-28-25-35-26-30-28/h25-27H,3-24H2,1-2H3,(H,31,32). The van der Waals surface area contributed by atoms with Crippen LogP contribution in [0.25, 0.3) is 0 Å². The Kier molecular flexibility index (Phi) is 22.4. The Morgan fingerprint density at radius 1 is 0.829 bits per heavy atom. The molecule has 1 rings (SSSR count). The van der Waals surface area contributed by atoms with Crippen LogP contribution < -0.4 is 5.32 Å². The number of carbonyl (C=O) groups excluding carboxylic acids is 1. The minimum atomic E-state index is -0.283. The van der Waals surface area contributed by atoms with E-state index in [1.54, 1.807) is 11.3 Å². The van der Waals surface area contributed by atoms with E-state index >= 15 is 0 Å². The highest BCUT2D eigenvalue weighted by atomic mass is 32.1. The molecule has 0 aliphatic heterocycles. The molecule has 1 N–H and O–H groups in total. The number of aryl methyl sites for hydroxylation is 1. The van der Waals surface area contributed by atoms with E-state index in [1.165, 1.54) is 89.2 Å². The molecule has 0 aliphatic rings. The molecule has 0 radical (unpaired) electrons. The molecule has 1 atom stereocenters. The van der Waals surface area contributed by atoms with Crippen LogP contribution in [-0.4, -0.2) is 36.9 Å². The lowest BCUT2D eigenvalue weighted by molar-refractivity contribution is 0.0972. The maximum atomic E-state index is 12.1. The number of ether oxygens (including phenoxy) is 2. The van der Waals surface area contributed by atoms with Crippen LogP contribution in [-0.2, 0) is 15.9 Å². The van der Waals surface area contributed by atoms with Gasteiger partial charge in [-0.2, -0.15) is 0 Å². The van der Waals surface area contributed by atoms with Gasteiger partial charge in [0.15, 0.2) is 0 Å². The average Bonchev–Trinajstić information content (AvgIpc) is 3.38. The Bertz CT molecular complexity index is 568. The van der Waals surface area contributed by atoms with Crippen molar-refractivity contribution >= 4 is 17.4 Å². The van der Waals surface area contributed by atoms with Crippen LogP contribution in [0, 0.1) is 0 Å². The second-order valence-corrected chi connectivity index (χ2v) is 10.5. The number of carbonyl (C=O) groups is 1. The van der Waals surface area contributed by atoms with Gasteiger partial charge in [-0.05, 0) is 32.1 Å². The van der Waals surface area contributed by atoms with Crippen LogP contribution in [0.4, 0.5) is 4.79 Å². The van der Waals surface area contributed by atoms with E-state index < -0.39 is 0 Å². The van der Waals surface area contributed by atoms with Crippen molar-refractivity contribution in [2.45, 2.75) is 142 Å². The molecular formula is C29H54N2O3S. The first-order valence-corrected chi connectivity index (χ1v) is 15.6. The molecule has 0 aliphatic carbocycles. The summed E-state index contributed by atoms with van der Waals surface area (Å²) in [4.78, 5) is 16.3. The van der Waals surface area contributed by atoms with E-state index in [0.717, 1.165) is 45.1 Å². The first-order valence-electron chi connectivity index (χ1n) is 14.6. The van der Waals surface area contributed by atoms with Crippen molar-refractivity contribution in [2.75, 3.05) is 19.8 Å². The topological polar surface area (TPSA) is 60.5 Å². The smallest absolute Gasteiger partial charge is 0.407 e. The lowest BCUT2D eigenvalue weighted by atomic mass is 10.0. The molecule has 35 heavy (non-hydrogen) atoms. The molecule has 0 saturated heterocycles. The summed E-state index contributed by atoms with van der Waals surface area (Å²) in [6, 6.07) is 0.226. The van der Waals surface area contributed by atoms with E-state index in [0.29, 0.717) is 13.2 Å². The molecule has 5 nitrogen and oxygen atoms in total.